The Hall–Kier alpha value is -2.84. The molecule has 1 amide bonds. The number of fused-ring (bicyclic) bond motifs is 4. The first-order valence-electron chi connectivity index (χ1n) is 8.88. The molecular weight excluding hydrogens is 350 g/mol. The Labute approximate surface area is 155 Å². The molecule has 1 saturated heterocycles. The van der Waals surface area contributed by atoms with Crippen LogP contribution in [0.2, 0.25) is 0 Å². The van der Waals surface area contributed by atoms with Crippen molar-refractivity contribution in [2.24, 2.45) is 5.92 Å². The standard InChI is InChI=1S/C19H20N3O5/c23-18(12-27-15-4-2-1-3-5-15)20-9-13-8-14(11-20)16-6-7-17(22(25)26)19(24)21(16)10-13/h1-7,13-14,25H,8-12H2/q-1/t13-,14+/m0/s1. The van der Waals surface area contributed by atoms with Crippen LogP contribution < -0.4 is 15.5 Å². The number of nitrogens with zero attached hydrogens (tertiary/aromatic N) is 3. The number of amides is 1. The molecule has 2 bridgehead atoms. The lowest BCUT2D eigenvalue weighted by Crippen LogP contribution is -2.50. The summed E-state index contributed by atoms with van der Waals surface area (Å²) in [6.07, 6.45) is 0.891. The van der Waals surface area contributed by atoms with Gasteiger partial charge in [0.1, 0.15) is 11.4 Å². The monoisotopic (exact) mass is 370 g/mol. The zero-order chi connectivity index (χ0) is 19.0. The molecule has 2 atom stereocenters. The highest BCUT2D eigenvalue weighted by Gasteiger charge is 2.36. The molecule has 8 heteroatoms. The van der Waals surface area contributed by atoms with Gasteiger partial charge in [-0.25, -0.2) is 0 Å². The third kappa shape index (κ3) is 3.41. The minimum atomic E-state index is -0.494. The second-order valence-electron chi connectivity index (χ2n) is 7.03. The molecule has 0 unspecified atom stereocenters. The summed E-state index contributed by atoms with van der Waals surface area (Å²) in [5.41, 5.74) is 0.0122. The highest BCUT2D eigenvalue weighted by Crippen LogP contribution is 2.35. The van der Waals surface area contributed by atoms with E-state index in [2.05, 4.69) is 0 Å². The average molecular weight is 370 g/mol. The van der Waals surface area contributed by atoms with E-state index in [1.54, 1.807) is 27.7 Å². The zero-order valence-electron chi connectivity index (χ0n) is 14.7. The quantitative estimate of drug-likeness (QED) is 0.821. The fourth-order valence-electron chi connectivity index (χ4n) is 4.04. The molecule has 27 heavy (non-hydrogen) atoms. The van der Waals surface area contributed by atoms with Crippen molar-refractivity contribution < 1.29 is 14.7 Å². The topological polar surface area (TPSA) is 98.1 Å². The van der Waals surface area contributed by atoms with Crippen LogP contribution in [-0.2, 0) is 11.3 Å². The van der Waals surface area contributed by atoms with E-state index in [1.165, 1.54) is 6.07 Å². The van der Waals surface area contributed by atoms with E-state index in [0.717, 1.165) is 12.1 Å². The van der Waals surface area contributed by atoms with E-state index < -0.39 is 10.8 Å². The second-order valence-corrected chi connectivity index (χ2v) is 7.03. The summed E-state index contributed by atoms with van der Waals surface area (Å²) in [6, 6.07) is 12.2. The minimum Gasteiger partial charge on any atom is -0.733 e. The molecule has 1 fully saturated rings. The molecular formula is C19H20N3O5-. The molecule has 0 saturated carbocycles. The number of aromatic nitrogens is 1. The van der Waals surface area contributed by atoms with Crippen LogP contribution >= 0.6 is 0 Å². The largest absolute Gasteiger partial charge is 0.733 e. The predicted molar refractivity (Wildman–Crippen MR) is 97.7 cm³/mol. The number of para-hydroxylation sites is 1. The Bertz CT molecular complexity index is 896. The normalized spacial score (nSPS) is 20.7. The van der Waals surface area contributed by atoms with Crippen LogP contribution in [-0.4, -0.2) is 40.3 Å². The number of rotatable bonds is 4. The fraction of sp³-hybridized carbons (Fsp3) is 0.368. The average Bonchev–Trinajstić information content (AvgIpc) is 2.67. The maximum atomic E-state index is 12.6. The van der Waals surface area contributed by atoms with Crippen molar-refractivity contribution in [3.63, 3.8) is 0 Å². The predicted octanol–water partition coefficient (Wildman–Crippen LogP) is 1.57. The van der Waals surface area contributed by atoms with Crippen LogP contribution in [0.1, 0.15) is 18.0 Å². The molecule has 1 aromatic heterocycles. The van der Waals surface area contributed by atoms with Gasteiger partial charge >= 0.3 is 0 Å². The first-order chi connectivity index (χ1) is 13.0. The number of hydrogen-bond donors (Lipinski definition) is 1. The Balaban J connectivity index is 1.49. The van der Waals surface area contributed by atoms with Crippen molar-refractivity contribution in [2.75, 3.05) is 24.9 Å². The Kier molecular flexibility index (Phi) is 4.59. The Morgan fingerprint density at radius 2 is 1.96 bits per heavy atom. The number of benzene rings is 1. The molecule has 4 rings (SSSR count). The molecule has 0 aliphatic carbocycles. The number of ether oxygens (including phenoxy) is 1. The second kappa shape index (κ2) is 7.05. The summed E-state index contributed by atoms with van der Waals surface area (Å²) in [6.45, 7) is 1.46. The summed E-state index contributed by atoms with van der Waals surface area (Å²) in [5.74, 6) is 0.725. The number of carbonyl (C=O) groups is 1. The molecule has 0 spiro atoms. The van der Waals surface area contributed by atoms with Crippen LogP contribution in [0.25, 0.3) is 0 Å². The third-order valence-corrected chi connectivity index (χ3v) is 5.25. The number of carbonyl (C=O) groups excluding carboxylic acids is 1. The van der Waals surface area contributed by atoms with Crippen LogP contribution in [0.3, 0.4) is 0 Å². The van der Waals surface area contributed by atoms with Gasteiger partial charge in [0.2, 0.25) is 0 Å². The molecule has 2 aliphatic heterocycles. The van der Waals surface area contributed by atoms with Gasteiger partial charge in [-0.2, -0.15) is 0 Å². The van der Waals surface area contributed by atoms with Gasteiger partial charge in [0.05, 0.1) is 0 Å². The van der Waals surface area contributed by atoms with E-state index in [1.807, 2.05) is 18.2 Å². The lowest BCUT2D eigenvalue weighted by Gasteiger charge is -2.43. The molecule has 2 aliphatic rings. The van der Waals surface area contributed by atoms with Gasteiger partial charge in [0, 0.05) is 31.2 Å². The lowest BCUT2D eigenvalue weighted by molar-refractivity contribution is -0.136. The number of likely N-dealkylation sites (tertiary alicyclic amines) is 1. The highest BCUT2D eigenvalue weighted by molar-refractivity contribution is 5.78. The summed E-state index contributed by atoms with van der Waals surface area (Å²) in [5, 5.41) is 19.8. The Morgan fingerprint density at radius 1 is 1.19 bits per heavy atom. The van der Waals surface area contributed by atoms with Gasteiger partial charge < -0.3 is 24.6 Å². The Morgan fingerprint density at radius 3 is 2.70 bits per heavy atom. The first kappa shape index (κ1) is 17.6. The molecule has 3 heterocycles. The summed E-state index contributed by atoms with van der Waals surface area (Å²) in [4.78, 5) is 26.8. The van der Waals surface area contributed by atoms with E-state index in [4.69, 9.17) is 9.94 Å². The van der Waals surface area contributed by atoms with Crippen molar-refractivity contribution >= 4 is 11.6 Å². The number of hydrogen-bond acceptors (Lipinski definition) is 6. The minimum absolute atomic E-state index is 0.0230. The maximum absolute atomic E-state index is 12.6. The SMILES string of the molecule is O=C(COc1ccccc1)N1C[C@@H]2C[C@H](C1)c1ccc(N([O-])O)c(=O)n1C2. The third-order valence-electron chi connectivity index (χ3n) is 5.25. The van der Waals surface area contributed by atoms with Gasteiger partial charge in [-0.15, -0.1) is 0 Å². The van der Waals surface area contributed by atoms with Gasteiger partial charge in [-0.1, -0.05) is 18.2 Å². The van der Waals surface area contributed by atoms with Crippen LogP contribution in [0.15, 0.2) is 47.3 Å². The number of anilines is 1. The van der Waals surface area contributed by atoms with Gasteiger partial charge in [0.15, 0.2) is 6.61 Å². The van der Waals surface area contributed by atoms with E-state index >= 15 is 0 Å². The van der Waals surface area contributed by atoms with Crippen molar-refractivity contribution in [1.82, 2.24) is 9.47 Å². The summed E-state index contributed by atoms with van der Waals surface area (Å²) < 4.78 is 7.11. The van der Waals surface area contributed by atoms with Gasteiger partial charge in [0.25, 0.3) is 11.5 Å². The molecule has 2 aromatic rings. The van der Waals surface area contributed by atoms with Crippen molar-refractivity contribution in [2.45, 2.75) is 18.9 Å². The summed E-state index contributed by atoms with van der Waals surface area (Å²) >= 11 is 0. The van der Waals surface area contributed by atoms with Gasteiger partial charge in [-0.05, 0) is 36.6 Å². The van der Waals surface area contributed by atoms with Crippen LogP contribution in [0, 0.1) is 11.1 Å². The lowest BCUT2D eigenvalue weighted by atomic mass is 9.83. The smallest absolute Gasteiger partial charge is 0.275 e. The van der Waals surface area contributed by atoms with Crippen LogP contribution in [0.4, 0.5) is 5.69 Å². The fourth-order valence-corrected chi connectivity index (χ4v) is 4.04. The van der Waals surface area contributed by atoms with Crippen molar-refractivity contribution in [3.05, 3.63) is 63.7 Å². The van der Waals surface area contributed by atoms with E-state index in [9.17, 15) is 14.8 Å². The molecule has 1 N–H and O–H groups in total. The van der Waals surface area contributed by atoms with Gasteiger partial charge in [-0.3, -0.25) is 14.8 Å². The van der Waals surface area contributed by atoms with Crippen molar-refractivity contribution in [1.29, 1.82) is 0 Å². The van der Waals surface area contributed by atoms with E-state index in [-0.39, 0.29) is 30.0 Å². The maximum Gasteiger partial charge on any atom is 0.275 e. The summed E-state index contributed by atoms with van der Waals surface area (Å²) in [7, 11) is 0. The molecule has 1 aromatic carbocycles. The zero-order valence-corrected chi connectivity index (χ0v) is 14.7. The first-order valence-corrected chi connectivity index (χ1v) is 8.88. The number of piperidine rings is 1. The highest BCUT2D eigenvalue weighted by atomic mass is 16.8. The van der Waals surface area contributed by atoms with Crippen LogP contribution in [0.5, 0.6) is 5.75 Å². The number of pyridine rings is 1. The van der Waals surface area contributed by atoms with E-state index in [0.29, 0.717) is 25.4 Å². The molecule has 0 radical (unpaired) electrons. The van der Waals surface area contributed by atoms with Crippen molar-refractivity contribution in [3.8, 4) is 5.75 Å². The molecule has 8 nitrogen and oxygen atoms in total. The molecule has 142 valence electrons.